The minimum absolute atomic E-state index is 0.0272. The number of halogens is 1. The third-order valence-electron chi connectivity index (χ3n) is 2.43. The molecule has 7 heteroatoms. The highest BCUT2D eigenvalue weighted by atomic mass is 79.9. The quantitative estimate of drug-likeness (QED) is 0.546. The highest BCUT2D eigenvalue weighted by molar-refractivity contribution is 9.10. The summed E-state index contributed by atoms with van der Waals surface area (Å²) in [7, 11) is 0. The predicted molar refractivity (Wildman–Crippen MR) is 66.3 cm³/mol. The Hall–Kier alpha value is -1.73. The van der Waals surface area contributed by atoms with Crippen LogP contribution in [-0.2, 0) is 9.59 Å². The van der Waals surface area contributed by atoms with Gasteiger partial charge in [0.15, 0.2) is 0 Å². The van der Waals surface area contributed by atoms with Crippen molar-refractivity contribution >= 4 is 33.7 Å². The fraction of sp³-hybridized carbons (Fsp3) is 0.182. The minimum Gasteiger partial charge on any atom is -0.295 e. The highest BCUT2D eigenvalue weighted by Gasteiger charge is 2.30. The molecule has 6 nitrogen and oxygen atoms in total. The van der Waals surface area contributed by atoms with Gasteiger partial charge in [0.2, 0.25) is 11.8 Å². The van der Waals surface area contributed by atoms with Crippen LogP contribution in [0.3, 0.4) is 0 Å². The van der Waals surface area contributed by atoms with E-state index in [1.807, 2.05) is 0 Å². The first-order valence-corrected chi connectivity index (χ1v) is 6.00. The van der Waals surface area contributed by atoms with Crippen molar-refractivity contribution in [2.24, 2.45) is 0 Å². The van der Waals surface area contributed by atoms with E-state index in [9.17, 15) is 14.4 Å². The van der Waals surface area contributed by atoms with Crippen LogP contribution in [0.4, 0.5) is 0 Å². The largest absolute Gasteiger partial charge is 0.295 e. The standard InChI is InChI=1S/C11H10BrN3O3/c12-7-3-1-6(2-4-7)10(17)15-14-8-5-9(16)13-11(8)18/h1-4,8,14H,5H2,(H,15,17)(H,13,16,18)/t8-/m1/s1. The summed E-state index contributed by atoms with van der Waals surface area (Å²) in [6, 6.07) is 6.04. The summed E-state index contributed by atoms with van der Waals surface area (Å²) in [5.74, 6) is -1.15. The second kappa shape index (κ2) is 5.28. The zero-order chi connectivity index (χ0) is 13.1. The average Bonchev–Trinajstić information content (AvgIpc) is 2.66. The van der Waals surface area contributed by atoms with E-state index < -0.39 is 11.9 Å². The monoisotopic (exact) mass is 311 g/mol. The zero-order valence-electron chi connectivity index (χ0n) is 9.20. The molecule has 1 aromatic carbocycles. The summed E-state index contributed by atoms with van der Waals surface area (Å²) in [6.07, 6.45) is 0.0272. The molecular formula is C11H10BrN3O3. The van der Waals surface area contributed by atoms with E-state index in [0.29, 0.717) is 5.56 Å². The maximum absolute atomic E-state index is 11.7. The van der Waals surface area contributed by atoms with Gasteiger partial charge in [-0.1, -0.05) is 15.9 Å². The normalized spacial score (nSPS) is 18.6. The van der Waals surface area contributed by atoms with Crippen molar-refractivity contribution in [1.82, 2.24) is 16.2 Å². The third-order valence-corrected chi connectivity index (χ3v) is 2.96. The number of hydrogen-bond donors (Lipinski definition) is 3. The van der Waals surface area contributed by atoms with E-state index in [1.165, 1.54) is 0 Å². The second-order valence-corrected chi connectivity index (χ2v) is 4.69. The van der Waals surface area contributed by atoms with Crippen LogP contribution in [0.25, 0.3) is 0 Å². The van der Waals surface area contributed by atoms with Crippen molar-refractivity contribution in [3.05, 3.63) is 34.3 Å². The maximum Gasteiger partial charge on any atom is 0.265 e. The van der Waals surface area contributed by atoms with Gasteiger partial charge in [0.25, 0.3) is 5.91 Å². The number of benzene rings is 1. The Bertz CT molecular complexity index is 501. The molecule has 1 aliphatic heterocycles. The molecule has 0 saturated carbocycles. The molecule has 3 N–H and O–H groups in total. The molecule has 94 valence electrons. The summed E-state index contributed by atoms with van der Waals surface area (Å²) in [4.78, 5) is 33.8. The van der Waals surface area contributed by atoms with Crippen LogP contribution in [0.1, 0.15) is 16.8 Å². The number of imide groups is 1. The SMILES string of the molecule is O=C1C[C@@H](NNC(=O)c2ccc(Br)cc2)C(=O)N1. The van der Waals surface area contributed by atoms with Crippen LogP contribution in [0.15, 0.2) is 28.7 Å². The van der Waals surface area contributed by atoms with Gasteiger partial charge in [0.1, 0.15) is 6.04 Å². The van der Waals surface area contributed by atoms with Crippen LogP contribution in [0.2, 0.25) is 0 Å². The summed E-state index contributed by atoms with van der Waals surface area (Å²) in [5.41, 5.74) is 5.38. The van der Waals surface area contributed by atoms with Crippen LogP contribution in [0, 0.1) is 0 Å². The lowest BCUT2D eigenvalue weighted by atomic mass is 10.2. The Kier molecular flexibility index (Phi) is 3.73. The van der Waals surface area contributed by atoms with Gasteiger partial charge < -0.3 is 0 Å². The van der Waals surface area contributed by atoms with Gasteiger partial charge in [0.05, 0.1) is 6.42 Å². The topological polar surface area (TPSA) is 87.3 Å². The lowest BCUT2D eigenvalue weighted by Crippen LogP contribution is -2.47. The van der Waals surface area contributed by atoms with Crippen molar-refractivity contribution in [1.29, 1.82) is 0 Å². The molecule has 0 radical (unpaired) electrons. The Morgan fingerprint density at radius 3 is 2.50 bits per heavy atom. The molecule has 1 saturated heterocycles. The zero-order valence-corrected chi connectivity index (χ0v) is 10.8. The molecular weight excluding hydrogens is 302 g/mol. The van der Waals surface area contributed by atoms with Gasteiger partial charge in [0, 0.05) is 10.0 Å². The molecule has 1 fully saturated rings. The number of hydrogen-bond acceptors (Lipinski definition) is 4. The number of amides is 3. The third kappa shape index (κ3) is 2.93. The fourth-order valence-electron chi connectivity index (χ4n) is 1.50. The van der Waals surface area contributed by atoms with E-state index in [2.05, 4.69) is 32.1 Å². The molecule has 1 heterocycles. The molecule has 1 aromatic rings. The number of carbonyl (C=O) groups excluding carboxylic acids is 3. The van der Waals surface area contributed by atoms with Crippen molar-refractivity contribution in [3.63, 3.8) is 0 Å². The molecule has 1 atom stereocenters. The Balaban J connectivity index is 1.90. The average molecular weight is 312 g/mol. The van der Waals surface area contributed by atoms with Gasteiger partial charge in [-0.25, -0.2) is 5.43 Å². The summed E-state index contributed by atoms with van der Waals surface area (Å²) in [5, 5.41) is 2.14. The van der Waals surface area contributed by atoms with Gasteiger partial charge in [-0.3, -0.25) is 25.1 Å². The summed E-state index contributed by atoms with van der Waals surface area (Å²) < 4.78 is 0.868. The number of hydrazine groups is 1. The first-order chi connectivity index (χ1) is 8.56. The van der Waals surface area contributed by atoms with E-state index in [4.69, 9.17) is 0 Å². The van der Waals surface area contributed by atoms with Crippen LogP contribution in [-0.4, -0.2) is 23.8 Å². The Labute approximate surface area is 111 Å². The lowest BCUT2D eigenvalue weighted by molar-refractivity contribution is -0.125. The van der Waals surface area contributed by atoms with Crippen LogP contribution in [0.5, 0.6) is 0 Å². The fourth-order valence-corrected chi connectivity index (χ4v) is 1.76. The number of rotatable bonds is 3. The second-order valence-electron chi connectivity index (χ2n) is 3.77. The molecule has 0 unspecified atom stereocenters. The summed E-state index contributed by atoms with van der Waals surface area (Å²) in [6.45, 7) is 0. The van der Waals surface area contributed by atoms with Crippen LogP contribution >= 0.6 is 15.9 Å². The molecule has 0 bridgehead atoms. The molecule has 18 heavy (non-hydrogen) atoms. The van der Waals surface area contributed by atoms with Crippen LogP contribution < -0.4 is 16.2 Å². The van der Waals surface area contributed by atoms with Crippen molar-refractivity contribution in [2.75, 3.05) is 0 Å². The van der Waals surface area contributed by atoms with Crippen molar-refractivity contribution in [2.45, 2.75) is 12.5 Å². The molecule has 0 aromatic heterocycles. The first kappa shape index (κ1) is 12.7. The maximum atomic E-state index is 11.7. The molecule has 3 amide bonds. The van der Waals surface area contributed by atoms with E-state index in [-0.39, 0.29) is 18.2 Å². The first-order valence-electron chi connectivity index (χ1n) is 5.21. The van der Waals surface area contributed by atoms with Gasteiger partial charge in [-0.05, 0) is 24.3 Å². The number of carbonyl (C=O) groups is 3. The smallest absolute Gasteiger partial charge is 0.265 e. The van der Waals surface area contributed by atoms with E-state index in [1.54, 1.807) is 24.3 Å². The van der Waals surface area contributed by atoms with E-state index in [0.717, 1.165) is 4.47 Å². The van der Waals surface area contributed by atoms with Gasteiger partial charge in [-0.2, -0.15) is 0 Å². The van der Waals surface area contributed by atoms with Crippen molar-refractivity contribution < 1.29 is 14.4 Å². The molecule has 0 aliphatic carbocycles. The minimum atomic E-state index is -0.711. The molecule has 2 rings (SSSR count). The van der Waals surface area contributed by atoms with Gasteiger partial charge >= 0.3 is 0 Å². The molecule has 1 aliphatic rings. The Morgan fingerprint density at radius 2 is 1.94 bits per heavy atom. The molecule has 0 spiro atoms. The lowest BCUT2D eigenvalue weighted by Gasteiger charge is -2.10. The predicted octanol–water partition coefficient (Wildman–Crippen LogP) is 0.0986. The highest BCUT2D eigenvalue weighted by Crippen LogP contribution is 2.10. The summed E-state index contributed by atoms with van der Waals surface area (Å²) >= 11 is 3.26. The van der Waals surface area contributed by atoms with Gasteiger partial charge in [-0.15, -0.1) is 0 Å². The van der Waals surface area contributed by atoms with Crippen molar-refractivity contribution in [3.8, 4) is 0 Å². The van der Waals surface area contributed by atoms with E-state index >= 15 is 0 Å². The number of nitrogens with one attached hydrogen (secondary N) is 3. The Morgan fingerprint density at radius 1 is 1.28 bits per heavy atom.